The third kappa shape index (κ3) is 2.97. The Morgan fingerprint density at radius 1 is 1.62 bits per heavy atom. The molecular weight excluding hydrogens is 168 g/mol. The van der Waals surface area contributed by atoms with Crippen LogP contribution in [0.1, 0.15) is 13.3 Å². The number of hydrogen-bond donors (Lipinski definition) is 2. The average Bonchev–Trinajstić information content (AvgIpc) is 2.03. The van der Waals surface area contributed by atoms with Crippen LogP contribution in [0.25, 0.3) is 0 Å². The molecule has 1 saturated heterocycles. The minimum Gasteiger partial charge on any atom is -0.396 e. The van der Waals surface area contributed by atoms with Crippen LogP contribution in [-0.4, -0.2) is 48.7 Å². The summed E-state index contributed by atoms with van der Waals surface area (Å²) in [4.78, 5) is 13.1. The first-order chi connectivity index (χ1) is 6.27. The minimum atomic E-state index is 0.151. The van der Waals surface area contributed by atoms with Crippen molar-refractivity contribution in [2.75, 3.05) is 32.8 Å². The van der Waals surface area contributed by atoms with Crippen LogP contribution in [0, 0.1) is 5.92 Å². The number of aliphatic hydroxyl groups excluding tert-OH is 1. The highest BCUT2D eigenvalue weighted by Crippen LogP contribution is 2.13. The van der Waals surface area contributed by atoms with E-state index in [4.69, 9.17) is 5.11 Å². The van der Waals surface area contributed by atoms with Crippen molar-refractivity contribution in [1.82, 2.24) is 10.2 Å². The summed E-state index contributed by atoms with van der Waals surface area (Å²) in [6.07, 6.45) is 1.05. The van der Waals surface area contributed by atoms with Gasteiger partial charge in [0.05, 0.1) is 6.54 Å². The zero-order valence-electron chi connectivity index (χ0n) is 8.12. The Hall–Kier alpha value is -0.610. The summed E-state index contributed by atoms with van der Waals surface area (Å²) in [5.41, 5.74) is 0. The zero-order chi connectivity index (χ0) is 9.68. The lowest BCUT2D eigenvalue weighted by Gasteiger charge is -2.38. The quantitative estimate of drug-likeness (QED) is 0.566. The monoisotopic (exact) mass is 186 g/mol. The first-order valence-corrected chi connectivity index (χ1v) is 4.87. The highest BCUT2D eigenvalue weighted by atomic mass is 16.3. The zero-order valence-corrected chi connectivity index (χ0v) is 8.12. The van der Waals surface area contributed by atoms with Crippen LogP contribution < -0.4 is 5.32 Å². The summed E-state index contributed by atoms with van der Waals surface area (Å²) in [6, 6.07) is 0. The number of nitrogens with one attached hydrogen (secondary N) is 1. The standard InChI is InChI=1S/C9H18N2O2/c1-2-3-10-4-9(13)11-5-8(6-11)7-12/h8,10,12H,2-7H2,1H3. The van der Waals surface area contributed by atoms with Gasteiger partial charge >= 0.3 is 0 Å². The lowest BCUT2D eigenvalue weighted by atomic mass is 10.0. The van der Waals surface area contributed by atoms with Gasteiger partial charge in [-0.1, -0.05) is 6.92 Å². The van der Waals surface area contributed by atoms with E-state index in [1.54, 1.807) is 4.90 Å². The van der Waals surface area contributed by atoms with E-state index in [1.807, 2.05) is 0 Å². The van der Waals surface area contributed by atoms with Gasteiger partial charge in [-0.05, 0) is 13.0 Å². The molecule has 4 nitrogen and oxygen atoms in total. The third-order valence-electron chi connectivity index (χ3n) is 2.27. The number of hydrogen-bond acceptors (Lipinski definition) is 3. The summed E-state index contributed by atoms with van der Waals surface area (Å²) in [6.45, 7) is 5.05. The summed E-state index contributed by atoms with van der Waals surface area (Å²) < 4.78 is 0. The molecule has 1 amide bonds. The molecule has 1 heterocycles. The summed E-state index contributed by atoms with van der Waals surface area (Å²) in [7, 11) is 0. The molecule has 0 radical (unpaired) electrons. The Bertz CT molecular complexity index is 167. The van der Waals surface area contributed by atoms with Crippen molar-refractivity contribution in [3.8, 4) is 0 Å². The van der Waals surface area contributed by atoms with Crippen LogP contribution in [-0.2, 0) is 4.79 Å². The largest absolute Gasteiger partial charge is 0.396 e. The fourth-order valence-corrected chi connectivity index (χ4v) is 1.37. The van der Waals surface area contributed by atoms with E-state index in [1.165, 1.54) is 0 Å². The van der Waals surface area contributed by atoms with Crippen LogP contribution in [0.3, 0.4) is 0 Å². The molecule has 0 aromatic heterocycles. The fourth-order valence-electron chi connectivity index (χ4n) is 1.37. The van der Waals surface area contributed by atoms with Gasteiger partial charge in [-0.15, -0.1) is 0 Å². The van der Waals surface area contributed by atoms with Crippen LogP contribution >= 0.6 is 0 Å². The van der Waals surface area contributed by atoms with Crippen molar-refractivity contribution in [1.29, 1.82) is 0 Å². The van der Waals surface area contributed by atoms with Crippen molar-refractivity contribution in [2.45, 2.75) is 13.3 Å². The van der Waals surface area contributed by atoms with Gasteiger partial charge < -0.3 is 15.3 Å². The number of carbonyl (C=O) groups excluding carboxylic acids is 1. The smallest absolute Gasteiger partial charge is 0.236 e. The van der Waals surface area contributed by atoms with Crippen molar-refractivity contribution in [2.24, 2.45) is 5.92 Å². The molecule has 0 unspecified atom stereocenters. The molecule has 0 bridgehead atoms. The molecule has 0 saturated carbocycles. The van der Waals surface area contributed by atoms with E-state index in [2.05, 4.69) is 12.2 Å². The SMILES string of the molecule is CCCNCC(=O)N1CC(CO)C1. The van der Waals surface area contributed by atoms with E-state index < -0.39 is 0 Å². The topological polar surface area (TPSA) is 52.6 Å². The molecule has 0 atom stereocenters. The van der Waals surface area contributed by atoms with E-state index in [0.29, 0.717) is 12.5 Å². The maximum atomic E-state index is 11.3. The second kappa shape index (κ2) is 5.19. The van der Waals surface area contributed by atoms with Crippen LogP contribution in [0.5, 0.6) is 0 Å². The molecule has 2 N–H and O–H groups in total. The Balaban J connectivity index is 2.05. The summed E-state index contributed by atoms with van der Waals surface area (Å²) >= 11 is 0. The molecule has 1 rings (SSSR count). The number of carbonyl (C=O) groups is 1. The van der Waals surface area contributed by atoms with E-state index in [9.17, 15) is 4.79 Å². The predicted octanol–water partition coefficient (Wildman–Crippen LogP) is -0.563. The van der Waals surface area contributed by atoms with Gasteiger partial charge in [-0.3, -0.25) is 4.79 Å². The number of likely N-dealkylation sites (tertiary alicyclic amines) is 1. The Labute approximate surface area is 78.9 Å². The van der Waals surface area contributed by atoms with Gasteiger partial charge in [0.15, 0.2) is 0 Å². The van der Waals surface area contributed by atoms with E-state index >= 15 is 0 Å². The highest BCUT2D eigenvalue weighted by Gasteiger charge is 2.29. The Morgan fingerprint density at radius 2 is 2.31 bits per heavy atom. The Kier molecular flexibility index (Phi) is 4.18. The molecule has 1 fully saturated rings. The molecule has 0 aromatic carbocycles. The average molecular weight is 186 g/mol. The molecule has 0 spiro atoms. The fraction of sp³-hybridized carbons (Fsp3) is 0.889. The second-order valence-electron chi connectivity index (χ2n) is 3.52. The van der Waals surface area contributed by atoms with Gasteiger partial charge in [0.2, 0.25) is 5.91 Å². The van der Waals surface area contributed by atoms with Crippen molar-refractivity contribution >= 4 is 5.91 Å². The Morgan fingerprint density at radius 3 is 2.85 bits per heavy atom. The van der Waals surface area contributed by atoms with Crippen molar-refractivity contribution < 1.29 is 9.90 Å². The molecular formula is C9H18N2O2. The molecule has 13 heavy (non-hydrogen) atoms. The highest BCUT2D eigenvalue weighted by molar-refractivity contribution is 5.79. The number of nitrogens with zero attached hydrogens (tertiary/aromatic N) is 1. The molecule has 4 heteroatoms. The van der Waals surface area contributed by atoms with Crippen molar-refractivity contribution in [3.05, 3.63) is 0 Å². The van der Waals surface area contributed by atoms with Gasteiger partial charge in [-0.25, -0.2) is 0 Å². The van der Waals surface area contributed by atoms with E-state index in [0.717, 1.165) is 26.1 Å². The first-order valence-electron chi connectivity index (χ1n) is 4.87. The molecule has 1 aliphatic rings. The van der Waals surface area contributed by atoms with Crippen LogP contribution in [0.2, 0.25) is 0 Å². The van der Waals surface area contributed by atoms with Gasteiger partial charge in [-0.2, -0.15) is 0 Å². The van der Waals surface area contributed by atoms with Gasteiger partial charge in [0.1, 0.15) is 0 Å². The maximum absolute atomic E-state index is 11.3. The molecule has 76 valence electrons. The van der Waals surface area contributed by atoms with Crippen LogP contribution in [0.4, 0.5) is 0 Å². The second-order valence-corrected chi connectivity index (χ2v) is 3.52. The first kappa shape index (κ1) is 10.5. The summed E-state index contributed by atoms with van der Waals surface area (Å²) in [5.74, 6) is 0.466. The molecule has 0 aromatic rings. The number of rotatable bonds is 5. The predicted molar refractivity (Wildman–Crippen MR) is 50.3 cm³/mol. The van der Waals surface area contributed by atoms with Crippen LogP contribution in [0.15, 0.2) is 0 Å². The van der Waals surface area contributed by atoms with Gasteiger partial charge in [0, 0.05) is 25.6 Å². The molecule has 1 aliphatic heterocycles. The summed E-state index contributed by atoms with van der Waals surface area (Å²) in [5, 5.41) is 11.8. The maximum Gasteiger partial charge on any atom is 0.236 e. The van der Waals surface area contributed by atoms with Crippen molar-refractivity contribution in [3.63, 3.8) is 0 Å². The lowest BCUT2D eigenvalue weighted by Crippen LogP contribution is -2.53. The van der Waals surface area contributed by atoms with Gasteiger partial charge in [0.25, 0.3) is 0 Å². The molecule has 0 aliphatic carbocycles. The normalized spacial score (nSPS) is 17.2. The van der Waals surface area contributed by atoms with E-state index in [-0.39, 0.29) is 12.5 Å². The number of aliphatic hydroxyl groups is 1. The third-order valence-corrected chi connectivity index (χ3v) is 2.27. The lowest BCUT2D eigenvalue weighted by molar-refractivity contribution is -0.137. The minimum absolute atomic E-state index is 0.151. The number of amides is 1.